The van der Waals surface area contributed by atoms with Gasteiger partial charge in [0, 0.05) is 10.4 Å². The minimum atomic E-state index is 0.332. The van der Waals surface area contributed by atoms with Crippen LogP contribution in [-0.2, 0) is 6.61 Å². The summed E-state index contributed by atoms with van der Waals surface area (Å²) < 4.78 is 12.0. The van der Waals surface area contributed by atoms with Gasteiger partial charge in [0.1, 0.15) is 5.75 Å². The van der Waals surface area contributed by atoms with Gasteiger partial charge in [-0.3, -0.25) is 0 Å². The van der Waals surface area contributed by atoms with Crippen LogP contribution in [-0.4, -0.2) is 10.1 Å². The molecule has 2 aromatic carbocycles. The lowest BCUT2D eigenvalue weighted by Gasteiger charge is -2.05. The molecular formula is C16H13BrN2O2. The molecule has 0 N–H and O–H groups in total. The van der Waals surface area contributed by atoms with Crippen LogP contribution in [0.15, 0.2) is 45.4 Å². The summed E-state index contributed by atoms with van der Waals surface area (Å²) in [4.78, 5) is 4.35. The minimum absolute atomic E-state index is 0.332. The first kappa shape index (κ1) is 12.8. The molecule has 106 valence electrons. The highest BCUT2D eigenvalue weighted by Crippen LogP contribution is 2.38. The third-order valence-electron chi connectivity index (χ3n) is 3.55. The summed E-state index contributed by atoms with van der Waals surface area (Å²) in [7, 11) is 0. The van der Waals surface area contributed by atoms with E-state index in [0.29, 0.717) is 18.3 Å². The van der Waals surface area contributed by atoms with E-state index >= 15 is 0 Å². The number of hydrogen-bond donors (Lipinski definition) is 0. The van der Waals surface area contributed by atoms with Crippen LogP contribution in [0.2, 0.25) is 0 Å². The first-order chi connectivity index (χ1) is 10.3. The molecule has 1 aliphatic rings. The normalized spacial score (nSPS) is 14.5. The van der Waals surface area contributed by atoms with E-state index in [1.54, 1.807) is 0 Å². The van der Waals surface area contributed by atoms with Gasteiger partial charge >= 0.3 is 0 Å². The van der Waals surface area contributed by atoms with E-state index in [1.807, 2.05) is 24.3 Å². The smallest absolute Gasteiger partial charge is 0.229 e. The Morgan fingerprint density at radius 3 is 2.81 bits per heavy atom. The fourth-order valence-corrected chi connectivity index (χ4v) is 2.63. The standard InChI is InChI=1S/C16H13BrN2O2/c17-13-5-3-12-8-14(6-4-11(12)7-13)20-9-15-18-16(21-19-15)10-1-2-10/h3-8,10H,1-2,9H2. The molecule has 3 aromatic rings. The number of halogens is 1. The van der Waals surface area contributed by atoms with Crippen LogP contribution >= 0.6 is 15.9 Å². The van der Waals surface area contributed by atoms with E-state index in [9.17, 15) is 0 Å². The van der Waals surface area contributed by atoms with Crippen LogP contribution < -0.4 is 4.74 Å². The maximum atomic E-state index is 5.75. The van der Waals surface area contributed by atoms with Crippen molar-refractivity contribution in [2.24, 2.45) is 0 Å². The van der Waals surface area contributed by atoms with Crippen LogP contribution in [0, 0.1) is 0 Å². The summed E-state index contributed by atoms with van der Waals surface area (Å²) in [6.45, 7) is 0.332. The second-order valence-corrected chi connectivity index (χ2v) is 6.18. The molecule has 4 rings (SSSR count). The number of ether oxygens (including phenoxy) is 1. The Kier molecular flexibility index (Phi) is 3.15. The Bertz CT molecular complexity index is 796. The average molecular weight is 345 g/mol. The molecule has 5 heteroatoms. The molecular weight excluding hydrogens is 332 g/mol. The third kappa shape index (κ3) is 2.78. The molecule has 0 atom stereocenters. The second kappa shape index (κ2) is 5.15. The summed E-state index contributed by atoms with van der Waals surface area (Å²) in [6, 6.07) is 12.2. The first-order valence-electron chi connectivity index (χ1n) is 6.92. The van der Waals surface area contributed by atoms with Gasteiger partial charge in [-0.2, -0.15) is 4.98 Å². The van der Waals surface area contributed by atoms with Gasteiger partial charge in [0.15, 0.2) is 6.61 Å². The van der Waals surface area contributed by atoms with E-state index in [2.05, 4.69) is 38.2 Å². The summed E-state index contributed by atoms with van der Waals surface area (Å²) in [5.41, 5.74) is 0. The number of rotatable bonds is 4. The highest BCUT2D eigenvalue weighted by molar-refractivity contribution is 9.10. The average Bonchev–Trinajstić information content (AvgIpc) is 3.24. The summed E-state index contributed by atoms with van der Waals surface area (Å²) in [5.74, 6) is 2.64. The number of hydrogen-bond acceptors (Lipinski definition) is 4. The van der Waals surface area contributed by atoms with Gasteiger partial charge in [-0.05, 0) is 47.9 Å². The predicted molar refractivity (Wildman–Crippen MR) is 82.3 cm³/mol. The molecule has 0 aliphatic heterocycles. The van der Waals surface area contributed by atoms with Gasteiger partial charge in [-0.1, -0.05) is 33.2 Å². The molecule has 1 aliphatic carbocycles. The molecule has 4 nitrogen and oxygen atoms in total. The molecule has 1 heterocycles. The molecule has 0 saturated heterocycles. The van der Waals surface area contributed by atoms with Crippen molar-refractivity contribution < 1.29 is 9.26 Å². The lowest BCUT2D eigenvalue weighted by molar-refractivity contribution is 0.285. The second-order valence-electron chi connectivity index (χ2n) is 5.27. The van der Waals surface area contributed by atoms with Crippen molar-refractivity contribution in [3.8, 4) is 5.75 Å². The van der Waals surface area contributed by atoms with E-state index in [-0.39, 0.29) is 0 Å². The van der Waals surface area contributed by atoms with Crippen LogP contribution in [0.1, 0.15) is 30.5 Å². The van der Waals surface area contributed by atoms with Crippen LogP contribution in [0.4, 0.5) is 0 Å². The molecule has 1 saturated carbocycles. The van der Waals surface area contributed by atoms with Crippen LogP contribution in [0.5, 0.6) is 5.75 Å². The van der Waals surface area contributed by atoms with Crippen molar-refractivity contribution in [3.05, 3.63) is 52.6 Å². The van der Waals surface area contributed by atoms with Crippen molar-refractivity contribution >= 4 is 26.7 Å². The Morgan fingerprint density at radius 2 is 1.95 bits per heavy atom. The van der Waals surface area contributed by atoms with Gasteiger partial charge in [-0.15, -0.1) is 0 Å². The molecule has 1 aromatic heterocycles. The zero-order chi connectivity index (χ0) is 14.2. The van der Waals surface area contributed by atoms with Gasteiger partial charge in [0.05, 0.1) is 0 Å². The first-order valence-corrected chi connectivity index (χ1v) is 7.72. The summed E-state index contributed by atoms with van der Waals surface area (Å²) in [6.07, 6.45) is 2.31. The monoisotopic (exact) mass is 344 g/mol. The molecule has 21 heavy (non-hydrogen) atoms. The number of nitrogens with zero attached hydrogens (tertiary/aromatic N) is 2. The van der Waals surface area contributed by atoms with Crippen molar-refractivity contribution in [2.45, 2.75) is 25.4 Å². The van der Waals surface area contributed by atoms with Gasteiger partial charge in [0.25, 0.3) is 0 Å². The number of aromatic nitrogens is 2. The summed E-state index contributed by atoms with van der Waals surface area (Å²) >= 11 is 3.47. The van der Waals surface area contributed by atoms with E-state index < -0.39 is 0 Å². The number of benzene rings is 2. The fourth-order valence-electron chi connectivity index (χ4n) is 2.25. The topological polar surface area (TPSA) is 48.2 Å². The zero-order valence-corrected chi connectivity index (χ0v) is 12.8. The molecule has 1 fully saturated rings. The van der Waals surface area contributed by atoms with Gasteiger partial charge in [-0.25, -0.2) is 0 Å². The van der Waals surface area contributed by atoms with Crippen LogP contribution in [0.25, 0.3) is 10.8 Å². The molecule has 0 radical (unpaired) electrons. The predicted octanol–water partition coefficient (Wildman–Crippen LogP) is 4.44. The maximum Gasteiger partial charge on any atom is 0.229 e. The quantitative estimate of drug-likeness (QED) is 0.701. The van der Waals surface area contributed by atoms with Crippen molar-refractivity contribution in [3.63, 3.8) is 0 Å². The molecule has 0 unspecified atom stereocenters. The Labute approximate surface area is 130 Å². The van der Waals surface area contributed by atoms with Crippen LogP contribution in [0.3, 0.4) is 0 Å². The lowest BCUT2D eigenvalue weighted by Crippen LogP contribution is -1.97. The Balaban J connectivity index is 1.49. The van der Waals surface area contributed by atoms with Gasteiger partial charge in [0.2, 0.25) is 11.7 Å². The highest BCUT2D eigenvalue weighted by Gasteiger charge is 2.29. The highest BCUT2D eigenvalue weighted by atomic mass is 79.9. The summed E-state index contributed by atoms with van der Waals surface area (Å²) in [5, 5.41) is 6.26. The lowest BCUT2D eigenvalue weighted by atomic mass is 10.1. The molecule has 0 bridgehead atoms. The molecule has 0 amide bonds. The molecule has 0 spiro atoms. The SMILES string of the molecule is Brc1ccc2cc(OCc3noc(C4CC4)n3)ccc2c1. The fraction of sp³-hybridized carbons (Fsp3) is 0.250. The minimum Gasteiger partial charge on any atom is -0.485 e. The van der Waals surface area contributed by atoms with Crippen molar-refractivity contribution in [2.75, 3.05) is 0 Å². The van der Waals surface area contributed by atoms with E-state index in [4.69, 9.17) is 9.26 Å². The maximum absolute atomic E-state index is 5.75. The van der Waals surface area contributed by atoms with E-state index in [0.717, 1.165) is 34.3 Å². The van der Waals surface area contributed by atoms with Crippen molar-refractivity contribution in [1.29, 1.82) is 0 Å². The van der Waals surface area contributed by atoms with Crippen molar-refractivity contribution in [1.82, 2.24) is 10.1 Å². The Hall–Kier alpha value is -1.88. The Morgan fingerprint density at radius 1 is 1.14 bits per heavy atom. The third-order valence-corrected chi connectivity index (χ3v) is 4.05. The number of fused-ring (bicyclic) bond motifs is 1. The van der Waals surface area contributed by atoms with Gasteiger partial charge < -0.3 is 9.26 Å². The largest absolute Gasteiger partial charge is 0.485 e. The van der Waals surface area contributed by atoms with E-state index in [1.165, 1.54) is 5.39 Å². The zero-order valence-electron chi connectivity index (χ0n) is 11.3.